The Balaban J connectivity index is 4.70. The van der Waals surface area contributed by atoms with Crippen LogP contribution in [0.1, 0.15) is 58.8 Å². The maximum Gasteiger partial charge on any atom is 0.249 e. The van der Waals surface area contributed by atoms with Crippen LogP contribution in [0.4, 0.5) is 8.78 Å². The number of aliphatic hydroxyl groups excluding tert-OH is 1. The minimum Gasteiger partial charge on any atom is -0.396 e. The molecule has 0 aliphatic heterocycles. The molecule has 3 heteroatoms. The molecule has 0 rings (SSSR count). The molecule has 0 spiro atoms. The molecule has 0 amide bonds. The van der Waals surface area contributed by atoms with Crippen molar-refractivity contribution in [3.8, 4) is 0 Å². The Bertz CT molecular complexity index is 216. The average Bonchev–Trinajstić information content (AvgIpc) is 2.25. The Labute approximate surface area is 104 Å². The highest BCUT2D eigenvalue weighted by molar-refractivity contribution is 4.97. The third kappa shape index (κ3) is 6.16. The van der Waals surface area contributed by atoms with Gasteiger partial charge in [-0.15, -0.1) is 6.58 Å². The fourth-order valence-corrected chi connectivity index (χ4v) is 2.30. The molecule has 0 fully saturated rings. The molecule has 0 aliphatic rings. The molecular weight excluding hydrogens is 222 g/mol. The van der Waals surface area contributed by atoms with Gasteiger partial charge in [0.1, 0.15) is 0 Å². The molecule has 0 aliphatic carbocycles. The quantitative estimate of drug-likeness (QED) is 0.562. The zero-order chi connectivity index (χ0) is 13.4. The van der Waals surface area contributed by atoms with Crippen LogP contribution in [0.25, 0.3) is 0 Å². The first-order chi connectivity index (χ1) is 7.95. The third-order valence-electron chi connectivity index (χ3n) is 3.30. The minimum atomic E-state index is -2.65. The van der Waals surface area contributed by atoms with E-state index in [0.29, 0.717) is 19.3 Å². The predicted octanol–water partition coefficient (Wildman–Crippen LogP) is 4.56. The van der Waals surface area contributed by atoms with E-state index < -0.39 is 11.3 Å². The molecule has 1 unspecified atom stereocenters. The number of aliphatic hydroxyl groups is 1. The van der Waals surface area contributed by atoms with Gasteiger partial charge in [-0.2, -0.15) is 0 Å². The first-order valence-electron chi connectivity index (χ1n) is 6.57. The van der Waals surface area contributed by atoms with Crippen LogP contribution in [0.15, 0.2) is 12.7 Å². The van der Waals surface area contributed by atoms with E-state index in [9.17, 15) is 8.78 Å². The summed E-state index contributed by atoms with van der Waals surface area (Å²) < 4.78 is 27.5. The van der Waals surface area contributed by atoms with Crippen LogP contribution in [0.2, 0.25) is 0 Å². The second kappa shape index (κ2) is 7.80. The Morgan fingerprint density at radius 3 is 2.18 bits per heavy atom. The SMILES string of the molecule is C=CC(CCO)(CCCC)CC(F)(F)CCC. The van der Waals surface area contributed by atoms with Crippen LogP contribution in [0.5, 0.6) is 0 Å². The van der Waals surface area contributed by atoms with Gasteiger partial charge in [-0.05, 0) is 18.3 Å². The topological polar surface area (TPSA) is 20.2 Å². The largest absolute Gasteiger partial charge is 0.396 e. The summed E-state index contributed by atoms with van der Waals surface area (Å²) in [6, 6.07) is 0. The zero-order valence-corrected chi connectivity index (χ0v) is 11.1. The molecule has 102 valence electrons. The molecule has 17 heavy (non-hydrogen) atoms. The second-order valence-corrected chi connectivity index (χ2v) is 4.93. The van der Waals surface area contributed by atoms with E-state index >= 15 is 0 Å². The van der Waals surface area contributed by atoms with Crippen LogP contribution in [-0.4, -0.2) is 17.6 Å². The molecule has 0 saturated carbocycles. The highest BCUT2D eigenvalue weighted by atomic mass is 19.3. The highest BCUT2D eigenvalue weighted by Crippen LogP contribution is 2.42. The number of rotatable bonds is 10. The number of hydrogen-bond donors (Lipinski definition) is 1. The molecule has 0 aromatic heterocycles. The van der Waals surface area contributed by atoms with Crippen molar-refractivity contribution >= 4 is 0 Å². The van der Waals surface area contributed by atoms with Gasteiger partial charge in [0, 0.05) is 19.4 Å². The number of unbranched alkanes of at least 4 members (excludes halogenated alkanes) is 1. The van der Waals surface area contributed by atoms with Crippen molar-refractivity contribution in [1.29, 1.82) is 0 Å². The number of allylic oxidation sites excluding steroid dienone is 1. The molecule has 1 nitrogen and oxygen atoms in total. The minimum absolute atomic E-state index is 0.0576. The van der Waals surface area contributed by atoms with Gasteiger partial charge in [-0.25, -0.2) is 8.78 Å². The van der Waals surface area contributed by atoms with E-state index in [2.05, 4.69) is 6.58 Å². The van der Waals surface area contributed by atoms with Crippen LogP contribution >= 0.6 is 0 Å². The van der Waals surface area contributed by atoms with E-state index in [4.69, 9.17) is 5.11 Å². The maximum absolute atomic E-state index is 13.7. The molecule has 0 radical (unpaired) electrons. The zero-order valence-electron chi connectivity index (χ0n) is 11.1. The van der Waals surface area contributed by atoms with Gasteiger partial charge in [0.2, 0.25) is 5.92 Å². The van der Waals surface area contributed by atoms with Crippen LogP contribution in [-0.2, 0) is 0 Å². The monoisotopic (exact) mass is 248 g/mol. The van der Waals surface area contributed by atoms with Crippen LogP contribution in [0.3, 0.4) is 0 Å². The predicted molar refractivity (Wildman–Crippen MR) is 68.3 cm³/mol. The lowest BCUT2D eigenvalue weighted by atomic mass is 9.74. The van der Waals surface area contributed by atoms with Gasteiger partial charge in [0.15, 0.2) is 0 Å². The third-order valence-corrected chi connectivity index (χ3v) is 3.30. The number of hydrogen-bond acceptors (Lipinski definition) is 1. The van der Waals surface area contributed by atoms with Gasteiger partial charge in [-0.3, -0.25) is 0 Å². The second-order valence-electron chi connectivity index (χ2n) is 4.93. The fraction of sp³-hybridized carbons (Fsp3) is 0.857. The average molecular weight is 248 g/mol. The van der Waals surface area contributed by atoms with Crippen molar-refractivity contribution < 1.29 is 13.9 Å². The summed E-state index contributed by atoms with van der Waals surface area (Å²) in [6.45, 7) is 7.45. The smallest absolute Gasteiger partial charge is 0.249 e. The summed E-state index contributed by atoms with van der Waals surface area (Å²) in [5.74, 6) is -2.65. The highest BCUT2D eigenvalue weighted by Gasteiger charge is 2.38. The summed E-state index contributed by atoms with van der Waals surface area (Å²) in [5.41, 5.74) is -0.608. The van der Waals surface area contributed by atoms with Gasteiger partial charge >= 0.3 is 0 Å². The number of halogens is 2. The van der Waals surface area contributed by atoms with Crippen molar-refractivity contribution in [2.45, 2.75) is 64.7 Å². The van der Waals surface area contributed by atoms with E-state index in [1.807, 2.05) is 6.92 Å². The van der Waals surface area contributed by atoms with E-state index in [1.165, 1.54) is 0 Å². The summed E-state index contributed by atoms with van der Waals surface area (Å²) in [4.78, 5) is 0. The molecule has 1 N–H and O–H groups in total. The Hall–Kier alpha value is -0.440. The number of alkyl halides is 2. The summed E-state index contributed by atoms with van der Waals surface area (Å²) in [7, 11) is 0. The van der Waals surface area contributed by atoms with Crippen molar-refractivity contribution in [2.24, 2.45) is 5.41 Å². The summed E-state index contributed by atoms with van der Waals surface area (Å²) >= 11 is 0. The van der Waals surface area contributed by atoms with Crippen LogP contribution in [0, 0.1) is 5.41 Å². The Morgan fingerprint density at radius 2 is 1.76 bits per heavy atom. The maximum atomic E-state index is 13.7. The van der Waals surface area contributed by atoms with Crippen LogP contribution < -0.4 is 0 Å². The standard InChI is InChI=1S/C14H26F2O/c1-4-7-9-13(6-3,10-11-17)12-14(15,16)8-5-2/h6,17H,3-5,7-12H2,1-2H3. The van der Waals surface area contributed by atoms with Gasteiger partial charge in [0.25, 0.3) is 0 Å². The lowest BCUT2D eigenvalue weighted by Gasteiger charge is -2.33. The molecule has 0 heterocycles. The summed E-state index contributed by atoms with van der Waals surface area (Å²) in [6.07, 6.45) is 4.78. The Kier molecular flexibility index (Phi) is 7.60. The molecular formula is C14H26F2O. The van der Waals surface area contributed by atoms with Crippen molar-refractivity contribution in [3.05, 3.63) is 12.7 Å². The van der Waals surface area contributed by atoms with Gasteiger partial charge < -0.3 is 5.11 Å². The molecule has 1 atom stereocenters. The van der Waals surface area contributed by atoms with E-state index in [1.54, 1.807) is 13.0 Å². The summed E-state index contributed by atoms with van der Waals surface area (Å²) in [5, 5.41) is 9.07. The molecule has 0 aromatic rings. The molecule has 0 aromatic carbocycles. The molecule has 0 bridgehead atoms. The van der Waals surface area contributed by atoms with Gasteiger partial charge in [-0.1, -0.05) is 39.2 Å². The van der Waals surface area contributed by atoms with E-state index in [-0.39, 0.29) is 19.4 Å². The lowest BCUT2D eigenvalue weighted by molar-refractivity contribution is -0.0501. The fourth-order valence-electron chi connectivity index (χ4n) is 2.30. The Morgan fingerprint density at radius 1 is 1.12 bits per heavy atom. The van der Waals surface area contributed by atoms with E-state index in [0.717, 1.165) is 12.8 Å². The first kappa shape index (κ1) is 16.6. The van der Waals surface area contributed by atoms with Crippen molar-refractivity contribution in [3.63, 3.8) is 0 Å². The van der Waals surface area contributed by atoms with Crippen molar-refractivity contribution in [2.75, 3.05) is 6.61 Å². The molecule has 0 saturated heterocycles. The normalized spacial score (nSPS) is 15.6. The van der Waals surface area contributed by atoms with Crippen molar-refractivity contribution in [1.82, 2.24) is 0 Å². The lowest BCUT2D eigenvalue weighted by Crippen LogP contribution is -2.30. The first-order valence-corrected chi connectivity index (χ1v) is 6.57. The van der Waals surface area contributed by atoms with Gasteiger partial charge in [0.05, 0.1) is 0 Å².